The highest BCUT2D eigenvalue weighted by Gasteiger charge is 2.52. The van der Waals surface area contributed by atoms with Crippen molar-refractivity contribution in [3.63, 3.8) is 0 Å². The number of pyridine rings is 1. The second kappa shape index (κ2) is 4.95. The predicted octanol–water partition coefficient (Wildman–Crippen LogP) is 1.99. The van der Waals surface area contributed by atoms with Gasteiger partial charge in [-0.2, -0.15) is 0 Å². The van der Waals surface area contributed by atoms with Crippen LogP contribution < -0.4 is 4.90 Å². The van der Waals surface area contributed by atoms with Crippen molar-refractivity contribution >= 4 is 23.5 Å². The number of anilines is 1. The van der Waals surface area contributed by atoms with Crippen LogP contribution in [0.15, 0.2) is 18.3 Å². The lowest BCUT2D eigenvalue weighted by Crippen LogP contribution is -2.37. The minimum Gasteiger partial charge on any atom is -0.477 e. The first-order valence-corrected chi connectivity index (χ1v) is 7.10. The molecule has 2 aliphatic rings. The third kappa shape index (κ3) is 2.20. The Morgan fingerprint density at radius 2 is 1.95 bits per heavy atom. The van der Waals surface area contributed by atoms with Gasteiger partial charge in [0.25, 0.3) is 0 Å². The standard InChI is InChI=1S/C15H16N2O4/c18-12-9-15(5-2-1-3-6-15)14(21)17(12)10-4-7-16-11(8-10)13(19)20/h4,7-8H,1-3,5-6,9H2,(H,19,20). The molecule has 2 fully saturated rings. The zero-order chi connectivity index (χ0) is 15.0. The molecular weight excluding hydrogens is 272 g/mol. The number of rotatable bonds is 2. The molecule has 6 heteroatoms. The number of aromatic carboxylic acids is 1. The molecule has 0 bridgehead atoms. The fraction of sp³-hybridized carbons (Fsp3) is 0.467. The molecule has 2 amide bonds. The monoisotopic (exact) mass is 288 g/mol. The van der Waals surface area contributed by atoms with Crippen LogP contribution in [0.1, 0.15) is 49.0 Å². The number of amides is 2. The number of imide groups is 1. The van der Waals surface area contributed by atoms with Crippen molar-refractivity contribution in [2.75, 3.05) is 4.90 Å². The van der Waals surface area contributed by atoms with E-state index in [1.807, 2.05) is 0 Å². The minimum atomic E-state index is -1.18. The molecule has 1 aliphatic heterocycles. The number of carbonyl (C=O) groups excluding carboxylic acids is 2. The number of carboxylic acids is 1. The lowest BCUT2D eigenvalue weighted by molar-refractivity contribution is -0.127. The van der Waals surface area contributed by atoms with Crippen LogP contribution in [0.5, 0.6) is 0 Å². The molecule has 1 saturated carbocycles. The van der Waals surface area contributed by atoms with Crippen LogP contribution in [-0.2, 0) is 9.59 Å². The van der Waals surface area contributed by atoms with Gasteiger partial charge in [-0.25, -0.2) is 14.7 Å². The summed E-state index contributed by atoms with van der Waals surface area (Å²) < 4.78 is 0. The molecule has 1 aliphatic carbocycles. The van der Waals surface area contributed by atoms with Gasteiger partial charge in [-0.15, -0.1) is 0 Å². The molecule has 1 saturated heterocycles. The number of hydrogen-bond donors (Lipinski definition) is 1. The van der Waals surface area contributed by atoms with E-state index in [9.17, 15) is 14.4 Å². The van der Waals surface area contributed by atoms with Crippen LogP contribution in [0.4, 0.5) is 5.69 Å². The van der Waals surface area contributed by atoms with Crippen LogP contribution in [0, 0.1) is 5.41 Å². The zero-order valence-electron chi connectivity index (χ0n) is 11.5. The molecule has 2 heterocycles. The molecule has 1 aromatic rings. The van der Waals surface area contributed by atoms with Gasteiger partial charge in [-0.3, -0.25) is 9.59 Å². The summed E-state index contributed by atoms with van der Waals surface area (Å²) in [6, 6.07) is 2.78. The highest BCUT2D eigenvalue weighted by molar-refractivity contribution is 6.22. The Morgan fingerprint density at radius 1 is 1.24 bits per heavy atom. The second-order valence-corrected chi connectivity index (χ2v) is 5.76. The average molecular weight is 288 g/mol. The van der Waals surface area contributed by atoms with Crippen molar-refractivity contribution in [3.05, 3.63) is 24.0 Å². The molecule has 21 heavy (non-hydrogen) atoms. The maximum Gasteiger partial charge on any atom is 0.354 e. The molecule has 0 unspecified atom stereocenters. The topological polar surface area (TPSA) is 87.6 Å². The fourth-order valence-electron chi connectivity index (χ4n) is 3.35. The first-order chi connectivity index (χ1) is 10.0. The summed E-state index contributed by atoms with van der Waals surface area (Å²) in [5.41, 5.74) is -0.431. The Balaban J connectivity index is 1.95. The number of hydrogen-bond acceptors (Lipinski definition) is 4. The molecule has 0 aromatic carbocycles. The molecular formula is C15H16N2O4. The third-order valence-corrected chi connectivity index (χ3v) is 4.43. The van der Waals surface area contributed by atoms with Crippen molar-refractivity contribution in [3.8, 4) is 0 Å². The number of nitrogens with zero attached hydrogens (tertiary/aromatic N) is 2. The van der Waals surface area contributed by atoms with Crippen molar-refractivity contribution in [1.82, 2.24) is 4.98 Å². The summed E-state index contributed by atoms with van der Waals surface area (Å²) in [4.78, 5) is 40.8. The van der Waals surface area contributed by atoms with Crippen molar-refractivity contribution in [2.24, 2.45) is 5.41 Å². The Morgan fingerprint density at radius 3 is 2.62 bits per heavy atom. The summed E-state index contributed by atoms with van der Waals surface area (Å²) >= 11 is 0. The molecule has 1 N–H and O–H groups in total. The van der Waals surface area contributed by atoms with Gasteiger partial charge in [0.05, 0.1) is 11.1 Å². The minimum absolute atomic E-state index is 0.169. The number of carbonyl (C=O) groups is 3. The molecule has 3 rings (SSSR count). The lowest BCUT2D eigenvalue weighted by atomic mass is 9.73. The summed E-state index contributed by atoms with van der Waals surface area (Å²) in [7, 11) is 0. The van der Waals surface area contributed by atoms with E-state index in [2.05, 4.69) is 4.98 Å². The zero-order valence-corrected chi connectivity index (χ0v) is 11.5. The smallest absolute Gasteiger partial charge is 0.354 e. The van der Waals surface area contributed by atoms with E-state index in [0.29, 0.717) is 5.69 Å². The number of aromatic nitrogens is 1. The van der Waals surface area contributed by atoms with Crippen molar-refractivity contribution < 1.29 is 19.5 Å². The van der Waals surface area contributed by atoms with E-state index in [-0.39, 0.29) is 23.9 Å². The van der Waals surface area contributed by atoms with E-state index in [1.165, 1.54) is 18.3 Å². The van der Waals surface area contributed by atoms with E-state index in [4.69, 9.17) is 5.11 Å². The van der Waals surface area contributed by atoms with Crippen LogP contribution in [0.25, 0.3) is 0 Å². The summed E-state index contributed by atoms with van der Waals surface area (Å²) in [5.74, 6) is -1.61. The quantitative estimate of drug-likeness (QED) is 0.841. The molecule has 0 radical (unpaired) electrons. The van der Waals surface area contributed by atoms with Crippen molar-refractivity contribution in [1.29, 1.82) is 0 Å². The summed E-state index contributed by atoms with van der Waals surface area (Å²) in [6.07, 6.45) is 6.05. The third-order valence-electron chi connectivity index (χ3n) is 4.43. The Kier molecular flexibility index (Phi) is 3.23. The first kappa shape index (κ1) is 13.7. The van der Waals surface area contributed by atoms with Gasteiger partial charge in [-0.1, -0.05) is 19.3 Å². The first-order valence-electron chi connectivity index (χ1n) is 7.10. The predicted molar refractivity (Wildman–Crippen MR) is 73.8 cm³/mol. The number of carboxylic acid groups (broad SMARTS) is 1. The highest BCUT2D eigenvalue weighted by atomic mass is 16.4. The van der Waals surface area contributed by atoms with E-state index < -0.39 is 11.4 Å². The Bertz CT molecular complexity index is 620. The molecule has 1 spiro atoms. The fourth-order valence-corrected chi connectivity index (χ4v) is 3.35. The Labute approximate surface area is 121 Å². The lowest BCUT2D eigenvalue weighted by Gasteiger charge is -2.30. The van der Waals surface area contributed by atoms with Crippen LogP contribution in [0.3, 0.4) is 0 Å². The normalized spacial score (nSPS) is 21.0. The second-order valence-electron chi connectivity index (χ2n) is 5.76. The largest absolute Gasteiger partial charge is 0.477 e. The van der Waals surface area contributed by atoms with E-state index in [0.717, 1.165) is 37.0 Å². The van der Waals surface area contributed by atoms with Gasteiger partial charge < -0.3 is 5.11 Å². The maximum absolute atomic E-state index is 12.7. The summed E-state index contributed by atoms with van der Waals surface area (Å²) in [6.45, 7) is 0. The average Bonchev–Trinajstić information content (AvgIpc) is 2.71. The van der Waals surface area contributed by atoms with Crippen molar-refractivity contribution in [2.45, 2.75) is 38.5 Å². The Hall–Kier alpha value is -2.24. The van der Waals surface area contributed by atoms with Gasteiger partial charge in [0, 0.05) is 12.6 Å². The van der Waals surface area contributed by atoms with Crippen LogP contribution >= 0.6 is 0 Å². The molecule has 110 valence electrons. The van der Waals surface area contributed by atoms with E-state index in [1.54, 1.807) is 0 Å². The molecule has 1 aromatic heterocycles. The molecule has 0 atom stereocenters. The van der Waals surface area contributed by atoms with Gasteiger partial charge >= 0.3 is 5.97 Å². The van der Waals surface area contributed by atoms with Gasteiger partial charge in [0.1, 0.15) is 5.69 Å². The van der Waals surface area contributed by atoms with Gasteiger partial charge in [0.15, 0.2) is 0 Å². The maximum atomic E-state index is 12.7. The van der Waals surface area contributed by atoms with Gasteiger partial charge in [-0.05, 0) is 25.0 Å². The molecule has 6 nitrogen and oxygen atoms in total. The van der Waals surface area contributed by atoms with Gasteiger partial charge in [0.2, 0.25) is 11.8 Å². The summed E-state index contributed by atoms with van der Waals surface area (Å²) in [5, 5.41) is 8.98. The SMILES string of the molecule is O=C(O)c1cc(N2C(=O)CC3(CCCCC3)C2=O)ccn1. The van der Waals surface area contributed by atoms with Crippen LogP contribution in [0.2, 0.25) is 0 Å². The van der Waals surface area contributed by atoms with Crippen LogP contribution in [-0.4, -0.2) is 27.9 Å². The highest BCUT2D eigenvalue weighted by Crippen LogP contribution is 2.46. The van der Waals surface area contributed by atoms with E-state index >= 15 is 0 Å².